The first-order chi connectivity index (χ1) is 8.08. The molecule has 5 nitrogen and oxygen atoms in total. The second-order valence-electron chi connectivity index (χ2n) is 4.66. The molecule has 0 atom stereocenters. The zero-order chi connectivity index (χ0) is 12.4. The van der Waals surface area contributed by atoms with Gasteiger partial charge in [-0.05, 0) is 32.6 Å². The van der Waals surface area contributed by atoms with Crippen molar-refractivity contribution in [3.05, 3.63) is 17.0 Å². The van der Waals surface area contributed by atoms with Crippen LogP contribution < -0.4 is 0 Å². The Morgan fingerprint density at radius 3 is 2.82 bits per heavy atom. The highest BCUT2D eigenvalue weighted by molar-refractivity contribution is 5.70. The van der Waals surface area contributed by atoms with Crippen LogP contribution >= 0.6 is 0 Å². The Balaban J connectivity index is 1.98. The fourth-order valence-electron chi connectivity index (χ4n) is 1.86. The molecule has 1 aliphatic carbocycles. The van der Waals surface area contributed by atoms with Gasteiger partial charge in [-0.2, -0.15) is 5.10 Å². The number of hydrogen-bond acceptors (Lipinski definition) is 3. The molecular formula is C12H18N2O3. The van der Waals surface area contributed by atoms with Crippen LogP contribution in [-0.2, 0) is 22.7 Å². The molecule has 94 valence electrons. The minimum Gasteiger partial charge on any atom is -0.481 e. The van der Waals surface area contributed by atoms with Crippen molar-refractivity contribution in [3.8, 4) is 0 Å². The van der Waals surface area contributed by atoms with Crippen molar-refractivity contribution in [3.63, 3.8) is 0 Å². The lowest BCUT2D eigenvalue weighted by molar-refractivity contribution is -0.136. The molecule has 2 rings (SSSR count). The van der Waals surface area contributed by atoms with E-state index < -0.39 is 5.97 Å². The summed E-state index contributed by atoms with van der Waals surface area (Å²) < 4.78 is 7.30. The average Bonchev–Trinajstić information content (AvgIpc) is 3.03. The van der Waals surface area contributed by atoms with Gasteiger partial charge in [0.25, 0.3) is 0 Å². The van der Waals surface area contributed by atoms with Gasteiger partial charge in [0, 0.05) is 11.3 Å². The van der Waals surface area contributed by atoms with E-state index in [-0.39, 0.29) is 6.42 Å². The average molecular weight is 238 g/mol. The Morgan fingerprint density at radius 2 is 2.24 bits per heavy atom. The van der Waals surface area contributed by atoms with Crippen molar-refractivity contribution in [1.82, 2.24) is 9.78 Å². The highest BCUT2D eigenvalue weighted by atomic mass is 16.5. The number of aliphatic carboxylic acids is 1. The quantitative estimate of drug-likeness (QED) is 0.816. The van der Waals surface area contributed by atoms with Gasteiger partial charge in [-0.3, -0.25) is 4.79 Å². The molecule has 1 heterocycles. The van der Waals surface area contributed by atoms with E-state index in [1.807, 2.05) is 13.8 Å². The van der Waals surface area contributed by atoms with Crippen LogP contribution in [0.4, 0.5) is 0 Å². The van der Waals surface area contributed by atoms with Crippen molar-refractivity contribution in [2.45, 2.75) is 39.8 Å². The first-order valence-electron chi connectivity index (χ1n) is 5.90. The van der Waals surface area contributed by atoms with Crippen LogP contribution in [0.15, 0.2) is 0 Å². The van der Waals surface area contributed by atoms with E-state index in [1.54, 1.807) is 4.68 Å². The van der Waals surface area contributed by atoms with Crippen LogP contribution in [0.25, 0.3) is 0 Å². The summed E-state index contributed by atoms with van der Waals surface area (Å²) in [5.41, 5.74) is 2.47. The smallest absolute Gasteiger partial charge is 0.307 e. The predicted molar refractivity (Wildman–Crippen MR) is 61.7 cm³/mol. The Labute approximate surface area is 100 Å². The third-order valence-electron chi connectivity index (χ3n) is 3.12. The number of aromatic nitrogens is 2. The van der Waals surface area contributed by atoms with Gasteiger partial charge < -0.3 is 9.84 Å². The number of nitrogens with zero attached hydrogens (tertiary/aromatic N) is 2. The van der Waals surface area contributed by atoms with Crippen molar-refractivity contribution in [2.24, 2.45) is 5.92 Å². The van der Waals surface area contributed by atoms with Gasteiger partial charge in [0.1, 0.15) is 6.73 Å². The lowest BCUT2D eigenvalue weighted by Crippen LogP contribution is -2.08. The maximum Gasteiger partial charge on any atom is 0.307 e. The van der Waals surface area contributed by atoms with E-state index >= 15 is 0 Å². The van der Waals surface area contributed by atoms with Crippen LogP contribution in [0.1, 0.15) is 29.8 Å². The molecule has 1 aromatic rings. The third-order valence-corrected chi connectivity index (χ3v) is 3.12. The Morgan fingerprint density at radius 1 is 1.53 bits per heavy atom. The molecule has 1 saturated carbocycles. The van der Waals surface area contributed by atoms with Gasteiger partial charge in [0.15, 0.2) is 0 Å². The molecule has 1 fully saturated rings. The number of ether oxygens (including phenoxy) is 1. The molecule has 0 bridgehead atoms. The predicted octanol–water partition coefficient (Wildman–Crippen LogP) is 1.51. The molecule has 0 radical (unpaired) electrons. The van der Waals surface area contributed by atoms with Crippen LogP contribution in [0.2, 0.25) is 0 Å². The first kappa shape index (κ1) is 12.1. The summed E-state index contributed by atoms with van der Waals surface area (Å²) >= 11 is 0. The largest absolute Gasteiger partial charge is 0.481 e. The lowest BCUT2D eigenvalue weighted by Gasteiger charge is -2.05. The van der Waals surface area contributed by atoms with Gasteiger partial charge in [0.05, 0.1) is 18.7 Å². The Kier molecular flexibility index (Phi) is 3.47. The first-order valence-corrected chi connectivity index (χ1v) is 5.90. The van der Waals surface area contributed by atoms with E-state index in [9.17, 15) is 4.79 Å². The maximum absolute atomic E-state index is 10.7. The Hall–Kier alpha value is -1.36. The van der Waals surface area contributed by atoms with Crippen molar-refractivity contribution < 1.29 is 14.6 Å². The number of rotatable bonds is 6. The van der Waals surface area contributed by atoms with Crippen LogP contribution in [-0.4, -0.2) is 27.5 Å². The van der Waals surface area contributed by atoms with Gasteiger partial charge in [0.2, 0.25) is 0 Å². The van der Waals surface area contributed by atoms with Gasteiger partial charge in [-0.1, -0.05) is 0 Å². The molecule has 5 heteroatoms. The molecule has 0 spiro atoms. The van der Waals surface area contributed by atoms with Crippen molar-refractivity contribution in [1.29, 1.82) is 0 Å². The fourth-order valence-corrected chi connectivity index (χ4v) is 1.86. The van der Waals surface area contributed by atoms with E-state index in [4.69, 9.17) is 9.84 Å². The summed E-state index contributed by atoms with van der Waals surface area (Å²) in [4.78, 5) is 10.7. The summed E-state index contributed by atoms with van der Waals surface area (Å²) in [6, 6.07) is 0. The molecule has 1 aromatic heterocycles. The minimum atomic E-state index is -0.824. The van der Waals surface area contributed by atoms with Crippen LogP contribution in [0.5, 0.6) is 0 Å². The molecule has 0 aliphatic heterocycles. The summed E-state index contributed by atoms with van der Waals surface area (Å²) in [6.45, 7) is 4.93. The monoisotopic (exact) mass is 238 g/mol. The standard InChI is InChI=1S/C12H18N2O3/c1-8-11(5-12(15)16)9(2)14(13-8)7-17-6-10-3-4-10/h10H,3-7H2,1-2H3,(H,15,16). The number of carbonyl (C=O) groups is 1. The van der Waals surface area contributed by atoms with Crippen molar-refractivity contribution >= 4 is 5.97 Å². The molecule has 0 aromatic carbocycles. The molecule has 1 N–H and O–H groups in total. The molecule has 0 unspecified atom stereocenters. The third kappa shape index (κ3) is 3.06. The zero-order valence-electron chi connectivity index (χ0n) is 10.3. The number of aryl methyl sites for hydroxylation is 1. The lowest BCUT2D eigenvalue weighted by atomic mass is 10.1. The van der Waals surface area contributed by atoms with E-state index in [0.717, 1.165) is 29.5 Å². The summed E-state index contributed by atoms with van der Waals surface area (Å²) in [6.07, 6.45) is 2.56. The highest BCUT2D eigenvalue weighted by Gasteiger charge is 2.21. The van der Waals surface area contributed by atoms with Crippen LogP contribution in [0.3, 0.4) is 0 Å². The summed E-state index contributed by atoms with van der Waals surface area (Å²) in [5.74, 6) is -0.0971. The number of hydrogen-bond donors (Lipinski definition) is 1. The highest BCUT2D eigenvalue weighted by Crippen LogP contribution is 2.28. The molecule has 0 saturated heterocycles. The molecule has 0 amide bonds. The normalized spacial score (nSPS) is 15.2. The topological polar surface area (TPSA) is 64.4 Å². The second-order valence-corrected chi connectivity index (χ2v) is 4.66. The van der Waals surface area contributed by atoms with Crippen LogP contribution in [0, 0.1) is 19.8 Å². The zero-order valence-corrected chi connectivity index (χ0v) is 10.3. The van der Waals surface area contributed by atoms with Gasteiger partial charge in [-0.25, -0.2) is 4.68 Å². The second kappa shape index (κ2) is 4.87. The molecule has 17 heavy (non-hydrogen) atoms. The molecular weight excluding hydrogens is 220 g/mol. The van der Waals surface area contributed by atoms with E-state index in [2.05, 4.69) is 5.10 Å². The van der Waals surface area contributed by atoms with Gasteiger partial charge >= 0.3 is 5.97 Å². The fraction of sp³-hybridized carbons (Fsp3) is 0.667. The number of carboxylic acid groups (broad SMARTS) is 1. The number of carboxylic acids is 1. The van der Waals surface area contributed by atoms with Crippen molar-refractivity contribution in [2.75, 3.05) is 6.61 Å². The van der Waals surface area contributed by atoms with Gasteiger partial charge in [-0.15, -0.1) is 0 Å². The SMILES string of the molecule is Cc1nn(COCC2CC2)c(C)c1CC(=O)O. The summed E-state index contributed by atoms with van der Waals surface area (Å²) in [7, 11) is 0. The summed E-state index contributed by atoms with van der Waals surface area (Å²) in [5, 5.41) is 13.1. The maximum atomic E-state index is 10.7. The van der Waals surface area contributed by atoms with E-state index in [0.29, 0.717) is 6.73 Å². The Bertz CT molecular complexity index is 422. The van der Waals surface area contributed by atoms with E-state index in [1.165, 1.54) is 12.8 Å². The minimum absolute atomic E-state index is 0.0281. The molecule has 1 aliphatic rings.